The molecule has 2 aliphatic rings. The Morgan fingerprint density at radius 1 is 0.762 bits per heavy atom. The fourth-order valence-electron chi connectivity index (χ4n) is 4.26. The highest BCUT2D eigenvalue weighted by Crippen LogP contribution is 2.15. The Labute approximate surface area is 130 Å². The first-order valence-corrected chi connectivity index (χ1v) is 9.14. The minimum atomic E-state index is 0.976. The van der Waals surface area contributed by atoms with Crippen molar-refractivity contribution in [2.24, 2.45) is 0 Å². The van der Waals surface area contributed by atoms with E-state index in [-0.39, 0.29) is 0 Å². The average Bonchev–Trinajstić information content (AvgIpc) is 2.49. The summed E-state index contributed by atoms with van der Waals surface area (Å²) in [6.45, 7) is 6.74. The van der Waals surface area contributed by atoms with Gasteiger partial charge in [-0.15, -0.1) is 0 Å². The summed E-state index contributed by atoms with van der Waals surface area (Å²) >= 11 is 0. The van der Waals surface area contributed by atoms with Gasteiger partial charge >= 0.3 is 0 Å². The quantitative estimate of drug-likeness (QED) is 0.824. The fraction of sp³-hybridized carbons (Fsp3) is 0.684. The van der Waals surface area contributed by atoms with Crippen LogP contribution in [0.25, 0.3) is 0 Å². The normalized spacial score (nSPS) is 28.8. The van der Waals surface area contributed by atoms with Crippen LogP contribution in [0, 0.1) is 0 Å². The van der Waals surface area contributed by atoms with Crippen LogP contribution in [0.3, 0.4) is 0 Å². The third-order valence-corrected chi connectivity index (χ3v) is 5.58. The van der Waals surface area contributed by atoms with Crippen LogP contribution in [0.2, 0.25) is 0 Å². The molecule has 1 aromatic rings. The number of rotatable bonds is 3. The predicted molar refractivity (Wildman–Crippen MR) is 87.6 cm³/mol. The molecule has 2 N–H and O–H groups in total. The van der Waals surface area contributed by atoms with Crippen LogP contribution in [0.5, 0.6) is 0 Å². The highest BCUT2D eigenvalue weighted by molar-refractivity contribution is 5.13. The fourth-order valence-corrected chi connectivity index (χ4v) is 4.26. The monoisotopic (exact) mass is 288 g/mol. The van der Waals surface area contributed by atoms with Crippen LogP contribution >= 0.6 is 0 Å². The molecule has 0 atom stereocenters. The molecule has 0 amide bonds. The smallest absolute Gasteiger partial charge is 0.127 e. The second-order valence-corrected chi connectivity index (χ2v) is 7.11. The number of benzene rings is 1. The molecule has 1 saturated heterocycles. The molecule has 2 fully saturated rings. The van der Waals surface area contributed by atoms with Gasteiger partial charge in [0, 0.05) is 5.56 Å². The summed E-state index contributed by atoms with van der Waals surface area (Å²) < 4.78 is 0. The first kappa shape index (κ1) is 15.1. The van der Waals surface area contributed by atoms with E-state index in [1.54, 1.807) is 4.90 Å². The molecule has 0 radical (unpaired) electrons. The second kappa shape index (κ2) is 7.95. The lowest BCUT2D eigenvalue weighted by Crippen LogP contribution is -3.29. The van der Waals surface area contributed by atoms with E-state index in [1.807, 2.05) is 4.90 Å². The molecule has 0 aromatic heterocycles. The van der Waals surface area contributed by atoms with E-state index in [9.17, 15) is 0 Å². The summed E-state index contributed by atoms with van der Waals surface area (Å²) in [4.78, 5) is 3.71. The number of hydrogen-bond acceptors (Lipinski definition) is 0. The molecule has 2 nitrogen and oxygen atoms in total. The molecule has 1 aromatic carbocycles. The van der Waals surface area contributed by atoms with Crippen molar-refractivity contribution in [1.82, 2.24) is 0 Å². The number of hydrogen-bond donors (Lipinski definition) is 2. The average molecular weight is 288 g/mol. The second-order valence-electron chi connectivity index (χ2n) is 7.11. The summed E-state index contributed by atoms with van der Waals surface area (Å²) in [7, 11) is 0. The Kier molecular flexibility index (Phi) is 5.70. The minimum Gasteiger partial charge on any atom is -0.323 e. The number of nitrogens with one attached hydrogen (secondary N) is 2. The summed E-state index contributed by atoms with van der Waals surface area (Å²) in [5.74, 6) is 0. The Morgan fingerprint density at radius 3 is 2.05 bits per heavy atom. The Balaban J connectivity index is 1.45. The zero-order chi connectivity index (χ0) is 14.3. The molecule has 0 spiro atoms. The minimum absolute atomic E-state index is 0.976. The van der Waals surface area contributed by atoms with Gasteiger partial charge in [-0.3, -0.25) is 0 Å². The van der Waals surface area contributed by atoms with Gasteiger partial charge in [0.05, 0.1) is 6.04 Å². The lowest BCUT2D eigenvalue weighted by molar-refractivity contribution is -1.03. The number of piperazine rings is 1. The predicted octanol–water partition coefficient (Wildman–Crippen LogP) is 1.08. The standard InChI is InChI=1S/C19H30N2/c1-2-7-11-19(12-8-3-1)21-15-13-20(14-16-21)17-18-9-5-4-6-10-18/h4-6,9-10,19H,1-3,7-8,11-17H2/p+2. The van der Waals surface area contributed by atoms with Gasteiger partial charge in [0.15, 0.2) is 0 Å². The molecule has 2 heteroatoms. The van der Waals surface area contributed by atoms with Crippen molar-refractivity contribution < 1.29 is 9.80 Å². The summed E-state index contributed by atoms with van der Waals surface area (Å²) in [5, 5.41) is 0. The molecule has 116 valence electrons. The van der Waals surface area contributed by atoms with Crippen LogP contribution < -0.4 is 9.80 Å². The van der Waals surface area contributed by atoms with E-state index in [1.165, 1.54) is 83.2 Å². The molecule has 0 unspecified atom stereocenters. The maximum atomic E-state index is 2.28. The van der Waals surface area contributed by atoms with Gasteiger partial charge in [0.1, 0.15) is 32.7 Å². The summed E-state index contributed by atoms with van der Waals surface area (Å²) in [6, 6.07) is 12.0. The topological polar surface area (TPSA) is 8.88 Å². The van der Waals surface area contributed by atoms with Crippen LogP contribution in [-0.4, -0.2) is 32.2 Å². The van der Waals surface area contributed by atoms with Gasteiger partial charge < -0.3 is 9.80 Å². The lowest BCUT2D eigenvalue weighted by Gasteiger charge is -2.35. The maximum absolute atomic E-state index is 2.28. The lowest BCUT2D eigenvalue weighted by atomic mass is 9.95. The molecule has 21 heavy (non-hydrogen) atoms. The SMILES string of the molecule is c1ccc(C[NH+]2CC[NH+](C3CCCCCCC3)CC2)cc1. The van der Waals surface area contributed by atoms with Crippen LogP contribution in [0.1, 0.15) is 50.5 Å². The van der Waals surface area contributed by atoms with Gasteiger partial charge in [-0.25, -0.2) is 0 Å². The first-order chi connectivity index (χ1) is 10.4. The van der Waals surface area contributed by atoms with Crippen molar-refractivity contribution in [2.45, 2.75) is 57.5 Å². The molecule has 0 bridgehead atoms. The van der Waals surface area contributed by atoms with Crippen LogP contribution in [0.15, 0.2) is 30.3 Å². The van der Waals surface area contributed by atoms with Gasteiger partial charge in [-0.05, 0) is 25.7 Å². The molecule has 1 aliphatic heterocycles. The highest BCUT2D eigenvalue weighted by Gasteiger charge is 2.29. The van der Waals surface area contributed by atoms with Crippen molar-refractivity contribution in [3.63, 3.8) is 0 Å². The van der Waals surface area contributed by atoms with Crippen LogP contribution in [0.4, 0.5) is 0 Å². The summed E-state index contributed by atoms with van der Waals surface area (Å²) in [5.41, 5.74) is 1.50. The molecule has 3 rings (SSSR count). The largest absolute Gasteiger partial charge is 0.323 e. The van der Waals surface area contributed by atoms with E-state index >= 15 is 0 Å². The van der Waals surface area contributed by atoms with E-state index < -0.39 is 0 Å². The highest BCUT2D eigenvalue weighted by atomic mass is 15.3. The molecular weight excluding hydrogens is 256 g/mol. The molecule has 1 saturated carbocycles. The van der Waals surface area contributed by atoms with E-state index in [0.29, 0.717) is 0 Å². The third-order valence-electron chi connectivity index (χ3n) is 5.58. The maximum Gasteiger partial charge on any atom is 0.127 e. The van der Waals surface area contributed by atoms with Crippen molar-refractivity contribution in [3.8, 4) is 0 Å². The molecule has 1 aliphatic carbocycles. The number of quaternary nitrogens is 2. The van der Waals surface area contributed by atoms with Gasteiger partial charge in [-0.1, -0.05) is 49.6 Å². The van der Waals surface area contributed by atoms with Crippen molar-refractivity contribution >= 4 is 0 Å². The zero-order valence-corrected chi connectivity index (χ0v) is 13.4. The Morgan fingerprint density at radius 2 is 1.38 bits per heavy atom. The Hall–Kier alpha value is -0.860. The van der Waals surface area contributed by atoms with Gasteiger partial charge in [0.2, 0.25) is 0 Å². The van der Waals surface area contributed by atoms with Crippen molar-refractivity contribution in [3.05, 3.63) is 35.9 Å². The Bertz CT molecular complexity index is 387. The van der Waals surface area contributed by atoms with Crippen LogP contribution in [-0.2, 0) is 6.54 Å². The van der Waals surface area contributed by atoms with Gasteiger partial charge in [-0.2, -0.15) is 0 Å². The van der Waals surface area contributed by atoms with Crippen molar-refractivity contribution in [2.75, 3.05) is 26.2 Å². The van der Waals surface area contributed by atoms with Crippen molar-refractivity contribution in [1.29, 1.82) is 0 Å². The van der Waals surface area contributed by atoms with E-state index in [4.69, 9.17) is 0 Å². The summed E-state index contributed by atoms with van der Waals surface area (Å²) in [6.07, 6.45) is 10.4. The van der Waals surface area contributed by atoms with Gasteiger partial charge in [0.25, 0.3) is 0 Å². The first-order valence-electron chi connectivity index (χ1n) is 9.14. The van der Waals surface area contributed by atoms with E-state index in [0.717, 1.165) is 6.04 Å². The third kappa shape index (κ3) is 4.55. The zero-order valence-electron chi connectivity index (χ0n) is 13.4. The molecule has 1 heterocycles. The molecular formula is C19H32N2+2. The van der Waals surface area contributed by atoms with E-state index in [2.05, 4.69) is 30.3 Å².